The average molecular weight is 227 g/mol. The largest absolute Gasteiger partial charge is 0.505 e. The standard InChI is InChI=1S/C11H9N5O/c12-7-3-1-2-6(9(7)17)10-15-8-4-13-5-14-11(8)16-10/h1-5,17H,12H2,(H,13,14,15,16). The van der Waals surface area contributed by atoms with Gasteiger partial charge in [-0.15, -0.1) is 0 Å². The first-order chi connectivity index (χ1) is 8.25. The maximum atomic E-state index is 9.86. The van der Waals surface area contributed by atoms with E-state index in [-0.39, 0.29) is 5.75 Å². The number of benzene rings is 1. The number of para-hydroxylation sites is 1. The van der Waals surface area contributed by atoms with Gasteiger partial charge in [0.25, 0.3) is 0 Å². The van der Waals surface area contributed by atoms with Gasteiger partial charge in [0.15, 0.2) is 5.65 Å². The van der Waals surface area contributed by atoms with E-state index < -0.39 is 0 Å². The van der Waals surface area contributed by atoms with Gasteiger partial charge in [-0.1, -0.05) is 6.07 Å². The molecule has 0 saturated carbocycles. The summed E-state index contributed by atoms with van der Waals surface area (Å²) in [7, 11) is 0. The van der Waals surface area contributed by atoms with Gasteiger partial charge in [-0.25, -0.2) is 15.0 Å². The van der Waals surface area contributed by atoms with Gasteiger partial charge in [-0.3, -0.25) is 0 Å². The molecule has 0 bridgehead atoms. The number of nitrogens with one attached hydrogen (secondary N) is 1. The van der Waals surface area contributed by atoms with Gasteiger partial charge < -0.3 is 15.8 Å². The lowest BCUT2D eigenvalue weighted by Crippen LogP contribution is -1.88. The lowest BCUT2D eigenvalue weighted by atomic mass is 10.1. The molecule has 6 heteroatoms. The molecular formula is C11H9N5O. The minimum atomic E-state index is 0.0134. The smallest absolute Gasteiger partial charge is 0.181 e. The molecule has 84 valence electrons. The van der Waals surface area contributed by atoms with E-state index in [1.807, 2.05) is 0 Å². The number of hydrogen-bond donors (Lipinski definition) is 3. The molecule has 0 radical (unpaired) electrons. The summed E-state index contributed by atoms with van der Waals surface area (Å²) in [6.07, 6.45) is 3.05. The van der Waals surface area contributed by atoms with Gasteiger partial charge >= 0.3 is 0 Å². The third kappa shape index (κ3) is 1.46. The van der Waals surface area contributed by atoms with Crippen LogP contribution in [0.2, 0.25) is 0 Å². The maximum Gasteiger partial charge on any atom is 0.181 e. The molecule has 2 aromatic heterocycles. The summed E-state index contributed by atoms with van der Waals surface area (Å²) >= 11 is 0. The molecule has 0 unspecified atom stereocenters. The molecule has 0 aliphatic heterocycles. The second-order valence-corrected chi connectivity index (χ2v) is 3.59. The lowest BCUT2D eigenvalue weighted by Gasteiger charge is -2.03. The summed E-state index contributed by atoms with van der Waals surface area (Å²) < 4.78 is 0. The molecule has 0 saturated heterocycles. The van der Waals surface area contributed by atoms with Crippen LogP contribution in [0, 0.1) is 0 Å². The number of hydrogen-bond acceptors (Lipinski definition) is 5. The number of fused-ring (bicyclic) bond motifs is 1. The van der Waals surface area contributed by atoms with Crippen LogP contribution >= 0.6 is 0 Å². The third-order valence-electron chi connectivity index (χ3n) is 2.48. The number of nitrogens with two attached hydrogens (primary N) is 1. The number of aromatic hydroxyl groups is 1. The van der Waals surface area contributed by atoms with Crippen molar-refractivity contribution in [2.45, 2.75) is 0 Å². The number of aromatic amines is 1. The number of nitrogen functional groups attached to an aromatic ring is 1. The molecule has 0 fully saturated rings. The fourth-order valence-corrected chi connectivity index (χ4v) is 1.64. The highest BCUT2D eigenvalue weighted by Gasteiger charge is 2.11. The summed E-state index contributed by atoms with van der Waals surface area (Å²) in [5, 5.41) is 9.86. The molecule has 3 aromatic rings. The summed E-state index contributed by atoms with van der Waals surface area (Å²) in [5.74, 6) is 0.532. The summed E-state index contributed by atoms with van der Waals surface area (Å²) in [4.78, 5) is 15.2. The Morgan fingerprint density at radius 1 is 1.29 bits per heavy atom. The molecule has 0 aliphatic carbocycles. The van der Waals surface area contributed by atoms with Crippen LogP contribution in [0.3, 0.4) is 0 Å². The number of nitrogens with zero attached hydrogens (tertiary/aromatic N) is 3. The predicted molar refractivity (Wildman–Crippen MR) is 63.2 cm³/mol. The van der Waals surface area contributed by atoms with E-state index in [1.54, 1.807) is 24.4 Å². The van der Waals surface area contributed by atoms with E-state index in [0.717, 1.165) is 0 Å². The first-order valence-electron chi connectivity index (χ1n) is 4.99. The Morgan fingerprint density at radius 3 is 3.00 bits per heavy atom. The van der Waals surface area contributed by atoms with Gasteiger partial charge in [0.2, 0.25) is 0 Å². The lowest BCUT2D eigenvalue weighted by molar-refractivity contribution is 0.479. The fraction of sp³-hybridized carbons (Fsp3) is 0. The van der Waals surface area contributed by atoms with Crippen molar-refractivity contribution in [1.29, 1.82) is 0 Å². The number of rotatable bonds is 1. The van der Waals surface area contributed by atoms with E-state index in [1.165, 1.54) is 6.33 Å². The Labute approximate surface area is 96.2 Å². The number of phenols is 1. The van der Waals surface area contributed by atoms with Gasteiger partial charge in [-0.05, 0) is 12.1 Å². The maximum absolute atomic E-state index is 9.86. The second kappa shape index (κ2) is 3.44. The zero-order chi connectivity index (χ0) is 11.8. The fourth-order valence-electron chi connectivity index (χ4n) is 1.64. The highest BCUT2D eigenvalue weighted by molar-refractivity contribution is 5.79. The molecule has 0 atom stereocenters. The van der Waals surface area contributed by atoms with E-state index in [2.05, 4.69) is 19.9 Å². The highest BCUT2D eigenvalue weighted by atomic mass is 16.3. The summed E-state index contributed by atoms with van der Waals surface area (Å²) in [6, 6.07) is 5.11. The van der Waals surface area contributed by atoms with Crippen LogP contribution in [0.1, 0.15) is 0 Å². The molecular weight excluding hydrogens is 218 g/mol. The minimum absolute atomic E-state index is 0.0134. The van der Waals surface area contributed by atoms with Crippen molar-refractivity contribution in [1.82, 2.24) is 19.9 Å². The number of aromatic nitrogens is 4. The SMILES string of the molecule is Nc1cccc(-c2nc3ncncc3[nH]2)c1O. The number of phenolic OH excluding ortho intramolecular Hbond substituents is 1. The van der Waals surface area contributed by atoms with E-state index in [9.17, 15) is 5.11 Å². The van der Waals surface area contributed by atoms with Crippen LogP contribution < -0.4 is 5.73 Å². The van der Waals surface area contributed by atoms with Gasteiger partial charge in [0.05, 0.1) is 17.4 Å². The van der Waals surface area contributed by atoms with Gasteiger partial charge in [0, 0.05) is 0 Å². The molecule has 0 aliphatic rings. The first-order valence-corrected chi connectivity index (χ1v) is 4.99. The van der Waals surface area contributed by atoms with Crippen LogP contribution in [0.5, 0.6) is 5.75 Å². The van der Waals surface area contributed by atoms with Crippen molar-refractivity contribution in [2.75, 3.05) is 5.73 Å². The Kier molecular flexibility index (Phi) is 1.94. The molecule has 4 N–H and O–H groups in total. The predicted octanol–water partition coefficient (Wildman–Crippen LogP) is 1.31. The molecule has 6 nitrogen and oxygen atoms in total. The van der Waals surface area contributed by atoms with Crippen LogP contribution in [0.4, 0.5) is 5.69 Å². The Morgan fingerprint density at radius 2 is 2.18 bits per heavy atom. The molecule has 2 heterocycles. The zero-order valence-corrected chi connectivity index (χ0v) is 8.75. The normalized spacial score (nSPS) is 10.8. The van der Waals surface area contributed by atoms with Gasteiger partial charge in [0.1, 0.15) is 23.4 Å². The van der Waals surface area contributed by atoms with Crippen molar-refractivity contribution in [3.05, 3.63) is 30.7 Å². The number of anilines is 1. The van der Waals surface area contributed by atoms with Crippen molar-refractivity contribution < 1.29 is 5.11 Å². The Hall–Kier alpha value is -2.63. The number of H-pyrrole nitrogens is 1. The molecule has 1 aromatic carbocycles. The quantitative estimate of drug-likeness (QED) is 0.429. The second-order valence-electron chi connectivity index (χ2n) is 3.59. The average Bonchev–Trinajstić information content (AvgIpc) is 2.76. The van der Waals surface area contributed by atoms with Crippen LogP contribution in [0.15, 0.2) is 30.7 Å². The highest BCUT2D eigenvalue weighted by Crippen LogP contribution is 2.32. The topological polar surface area (TPSA) is 101 Å². The van der Waals surface area contributed by atoms with Crippen LogP contribution in [-0.2, 0) is 0 Å². The summed E-state index contributed by atoms with van der Waals surface area (Å²) in [5.41, 5.74) is 7.76. The zero-order valence-electron chi connectivity index (χ0n) is 8.75. The van der Waals surface area contributed by atoms with Crippen LogP contribution in [0.25, 0.3) is 22.6 Å². The van der Waals surface area contributed by atoms with Gasteiger partial charge in [-0.2, -0.15) is 0 Å². The minimum Gasteiger partial charge on any atom is -0.505 e. The third-order valence-corrected chi connectivity index (χ3v) is 2.48. The van der Waals surface area contributed by atoms with Crippen molar-refractivity contribution in [2.24, 2.45) is 0 Å². The molecule has 0 spiro atoms. The molecule has 3 rings (SSSR count). The Balaban J connectivity index is 2.24. The van der Waals surface area contributed by atoms with Crippen LogP contribution in [-0.4, -0.2) is 25.0 Å². The summed E-state index contributed by atoms with van der Waals surface area (Å²) in [6.45, 7) is 0. The van der Waals surface area contributed by atoms with Crippen molar-refractivity contribution >= 4 is 16.9 Å². The Bertz CT molecular complexity index is 658. The van der Waals surface area contributed by atoms with Crippen molar-refractivity contribution in [3.8, 4) is 17.1 Å². The molecule has 0 amide bonds. The monoisotopic (exact) mass is 227 g/mol. The van der Waals surface area contributed by atoms with Crippen molar-refractivity contribution in [3.63, 3.8) is 0 Å². The molecule has 17 heavy (non-hydrogen) atoms. The van der Waals surface area contributed by atoms with E-state index in [4.69, 9.17) is 5.73 Å². The first kappa shape index (κ1) is 9.59. The number of imidazole rings is 1. The van der Waals surface area contributed by atoms with E-state index >= 15 is 0 Å². The van der Waals surface area contributed by atoms with E-state index in [0.29, 0.717) is 28.2 Å².